The van der Waals surface area contributed by atoms with Crippen LogP contribution >= 0.6 is 0 Å². The van der Waals surface area contributed by atoms with Crippen LogP contribution in [-0.2, 0) is 9.53 Å². The fourth-order valence-corrected chi connectivity index (χ4v) is 3.60. The highest BCUT2D eigenvalue weighted by Gasteiger charge is 2.25. The molecule has 0 radical (unpaired) electrons. The lowest BCUT2D eigenvalue weighted by atomic mass is 10.1. The maximum atomic E-state index is 12.3. The van der Waals surface area contributed by atoms with Crippen LogP contribution in [0.15, 0.2) is 84.0 Å². The molecule has 156 valence electrons. The van der Waals surface area contributed by atoms with Crippen molar-refractivity contribution in [3.63, 3.8) is 0 Å². The highest BCUT2D eigenvalue weighted by atomic mass is 16.5. The molecule has 1 atom stereocenters. The van der Waals surface area contributed by atoms with Crippen molar-refractivity contribution in [1.29, 1.82) is 0 Å². The van der Waals surface area contributed by atoms with Crippen molar-refractivity contribution in [2.24, 2.45) is 5.10 Å². The monoisotopic (exact) mass is 412 g/mol. The zero-order chi connectivity index (χ0) is 21.6. The smallest absolute Gasteiger partial charge is 0.333 e. The van der Waals surface area contributed by atoms with Crippen LogP contribution in [0.25, 0.3) is 17.2 Å². The van der Waals surface area contributed by atoms with Crippen molar-refractivity contribution in [2.75, 3.05) is 13.7 Å². The van der Waals surface area contributed by atoms with Gasteiger partial charge in [0.2, 0.25) is 0 Å². The highest BCUT2D eigenvalue weighted by molar-refractivity contribution is 6.24. The van der Waals surface area contributed by atoms with Crippen LogP contribution < -0.4 is 10.2 Å². The summed E-state index contributed by atoms with van der Waals surface area (Å²) in [6, 6.07) is 23.2. The van der Waals surface area contributed by atoms with Crippen molar-refractivity contribution < 1.29 is 14.3 Å². The van der Waals surface area contributed by atoms with Crippen molar-refractivity contribution in [1.82, 2.24) is 5.43 Å². The molecule has 5 nitrogen and oxygen atoms in total. The highest BCUT2D eigenvalue weighted by Crippen LogP contribution is 2.36. The van der Waals surface area contributed by atoms with Gasteiger partial charge in [-0.1, -0.05) is 66.7 Å². The van der Waals surface area contributed by atoms with E-state index in [2.05, 4.69) is 22.7 Å². The van der Waals surface area contributed by atoms with E-state index in [4.69, 9.17) is 9.47 Å². The van der Waals surface area contributed by atoms with E-state index >= 15 is 0 Å². The Hall–Kier alpha value is -3.86. The second-order valence-electron chi connectivity index (χ2n) is 7.04. The van der Waals surface area contributed by atoms with Crippen LogP contribution in [0.2, 0.25) is 0 Å². The van der Waals surface area contributed by atoms with Crippen LogP contribution in [0.5, 0.6) is 5.75 Å². The molecule has 31 heavy (non-hydrogen) atoms. The topological polar surface area (TPSA) is 59.9 Å². The maximum absolute atomic E-state index is 12.3. The molecule has 3 aromatic rings. The summed E-state index contributed by atoms with van der Waals surface area (Å²) in [4.78, 5) is 12.3. The Kier molecular flexibility index (Phi) is 6.13. The Morgan fingerprint density at radius 3 is 2.06 bits per heavy atom. The van der Waals surface area contributed by atoms with Crippen molar-refractivity contribution >= 4 is 17.8 Å². The molecule has 0 bridgehead atoms. The van der Waals surface area contributed by atoms with E-state index in [0.717, 1.165) is 39.3 Å². The molecule has 3 aromatic carbocycles. The van der Waals surface area contributed by atoms with E-state index in [9.17, 15) is 4.79 Å². The molecule has 5 heteroatoms. The fourth-order valence-electron chi connectivity index (χ4n) is 3.60. The first-order valence-electron chi connectivity index (χ1n) is 10.2. The lowest BCUT2D eigenvalue weighted by Gasteiger charge is -2.11. The van der Waals surface area contributed by atoms with Gasteiger partial charge in [-0.3, -0.25) is 5.43 Å². The van der Waals surface area contributed by atoms with Gasteiger partial charge in [0.05, 0.1) is 19.4 Å². The van der Waals surface area contributed by atoms with Gasteiger partial charge < -0.3 is 9.47 Å². The summed E-state index contributed by atoms with van der Waals surface area (Å²) in [5.74, 6) is 0.401. The van der Waals surface area contributed by atoms with Crippen LogP contribution in [-0.4, -0.2) is 31.4 Å². The van der Waals surface area contributed by atoms with E-state index in [0.29, 0.717) is 6.61 Å². The van der Waals surface area contributed by atoms with Gasteiger partial charge in [0.25, 0.3) is 0 Å². The Labute approximate surface area is 182 Å². The maximum Gasteiger partial charge on any atom is 0.333 e. The van der Waals surface area contributed by atoms with Crippen molar-refractivity contribution in [3.8, 4) is 16.9 Å². The second kappa shape index (κ2) is 9.30. The predicted molar refractivity (Wildman–Crippen MR) is 123 cm³/mol. The van der Waals surface area contributed by atoms with E-state index < -0.39 is 12.0 Å². The summed E-state index contributed by atoms with van der Waals surface area (Å²) in [7, 11) is 1.37. The number of carbonyl (C=O) groups excluding carboxylic acids is 1. The van der Waals surface area contributed by atoms with Gasteiger partial charge in [-0.15, -0.1) is 0 Å². The number of fused-ring (bicyclic) bond motifs is 3. The molecule has 1 N–H and O–H groups in total. The number of nitrogens with one attached hydrogen (secondary N) is 1. The zero-order valence-corrected chi connectivity index (χ0v) is 17.5. The van der Waals surface area contributed by atoms with Crippen LogP contribution in [0.4, 0.5) is 0 Å². The first kappa shape index (κ1) is 20.4. The van der Waals surface area contributed by atoms with Gasteiger partial charge in [-0.05, 0) is 41.8 Å². The SMILES string of the molecule is CCOc1ccc(/C=C/C(NN=C2c3ccccc3-c3ccccc32)C(=O)OC)cc1. The van der Waals surface area contributed by atoms with Crippen LogP contribution in [0, 0.1) is 0 Å². The molecule has 0 aliphatic heterocycles. The first-order valence-corrected chi connectivity index (χ1v) is 10.2. The van der Waals surface area contributed by atoms with Crippen LogP contribution in [0.3, 0.4) is 0 Å². The van der Waals surface area contributed by atoms with Gasteiger partial charge in [-0.2, -0.15) is 5.10 Å². The van der Waals surface area contributed by atoms with E-state index in [-0.39, 0.29) is 0 Å². The molecule has 0 aromatic heterocycles. The normalized spacial score (nSPS) is 12.8. The van der Waals surface area contributed by atoms with Crippen molar-refractivity contribution in [2.45, 2.75) is 13.0 Å². The van der Waals surface area contributed by atoms with Gasteiger partial charge in [-0.25, -0.2) is 4.79 Å². The molecule has 0 spiro atoms. The van der Waals surface area contributed by atoms with Gasteiger partial charge >= 0.3 is 5.97 Å². The number of hydrogen-bond donors (Lipinski definition) is 1. The Balaban J connectivity index is 1.59. The minimum atomic E-state index is -0.719. The van der Waals surface area contributed by atoms with E-state index in [1.807, 2.05) is 73.7 Å². The molecule has 0 amide bonds. The third-order valence-corrected chi connectivity index (χ3v) is 5.10. The molecule has 1 aliphatic carbocycles. The van der Waals surface area contributed by atoms with Gasteiger partial charge in [0, 0.05) is 11.1 Å². The second-order valence-corrected chi connectivity index (χ2v) is 7.04. The molecule has 4 rings (SSSR count). The number of methoxy groups -OCH3 is 1. The lowest BCUT2D eigenvalue weighted by molar-refractivity contribution is -0.141. The molecular formula is C26H24N2O3. The largest absolute Gasteiger partial charge is 0.494 e. The number of benzene rings is 3. The number of rotatable bonds is 7. The number of hydrazone groups is 1. The van der Waals surface area contributed by atoms with E-state index in [1.54, 1.807) is 6.08 Å². The summed E-state index contributed by atoms with van der Waals surface area (Å²) >= 11 is 0. The predicted octanol–water partition coefficient (Wildman–Crippen LogP) is 4.66. The summed E-state index contributed by atoms with van der Waals surface area (Å²) in [5, 5.41) is 4.62. The minimum Gasteiger partial charge on any atom is -0.494 e. The number of hydrogen-bond acceptors (Lipinski definition) is 5. The fraction of sp³-hybridized carbons (Fsp3) is 0.154. The molecule has 0 saturated carbocycles. The third-order valence-electron chi connectivity index (χ3n) is 5.10. The number of ether oxygens (including phenoxy) is 2. The molecule has 0 saturated heterocycles. The number of carbonyl (C=O) groups is 1. The van der Waals surface area contributed by atoms with E-state index in [1.165, 1.54) is 7.11 Å². The number of esters is 1. The zero-order valence-electron chi connectivity index (χ0n) is 17.5. The Bertz CT molecular complexity index is 1090. The molecular weight excluding hydrogens is 388 g/mol. The van der Waals surface area contributed by atoms with Crippen LogP contribution in [0.1, 0.15) is 23.6 Å². The Morgan fingerprint density at radius 1 is 0.935 bits per heavy atom. The molecule has 1 unspecified atom stereocenters. The minimum absolute atomic E-state index is 0.411. The quantitative estimate of drug-likeness (QED) is 0.354. The summed E-state index contributed by atoms with van der Waals surface area (Å²) in [6.07, 6.45) is 3.61. The first-order chi connectivity index (χ1) is 15.2. The summed E-state index contributed by atoms with van der Waals surface area (Å²) in [6.45, 7) is 2.57. The average molecular weight is 412 g/mol. The molecule has 1 aliphatic rings. The molecule has 0 fully saturated rings. The average Bonchev–Trinajstić information content (AvgIpc) is 3.14. The van der Waals surface area contributed by atoms with Gasteiger partial charge in [0.1, 0.15) is 5.75 Å². The lowest BCUT2D eigenvalue weighted by Crippen LogP contribution is -2.33. The molecule has 0 heterocycles. The summed E-state index contributed by atoms with van der Waals surface area (Å²) < 4.78 is 10.4. The van der Waals surface area contributed by atoms with Gasteiger partial charge in [0.15, 0.2) is 6.04 Å². The third kappa shape index (κ3) is 4.36. The summed E-state index contributed by atoms with van der Waals surface area (Å²) in [5.41, 5.74) is 9.11. The number of nitrogens with zero attached hydrogens (tertiary/aromatic N) is 1. The standard InChI is InChI=1S/C26H24N2O3/c1-3-31-19-15-12-18(13-16-19)14-17-24(26(29)30-2)27-28-25-22-10-6-4-8-20(22)21-9-5-7-11-23(21)25/h4-17,24,27H,3H2,1-2H3/b17-14+. The Morgan fingerprint density at radius 2 is 1.52 bits per heavy atom. The van der Waals surface area contributed by atoms with Crippen molar-refractivity contribution in [3.05, 3.63) is 95.6 Å².